The van der Waals surface area contributed by atoms with Crippen LogP contribution in [0.2, 0.25) is 5.02 Å². The van der Waals surface area contributed by atoms with Crippen molar-refractivity contribution in [2.75, 3.05) is 42.5 Å². The highest BCUT2D eigenvalue weighted by molar-refractivity contribution is 6.33. The Bertz CT molecular complexity index is 2230. The number of fused-ring (bicyclic) bond motifs is 2. The number of imide groups is 2. The van der Waals surface area contributed by atoms with E-state index in [0.717, 1.165) is 66.3 Å². The number of anilines is 2. The molecule has 57 heavy (non-hydrogen) atoms. The zero-order chi connectivity index (χ0) is 39.7. The van der Waals surface area contributed by atoms with E-state index in [2.05, 4.69) is 31.8 Å². The molecule has 3 aromatic carbocycles. The Labute approximate surface area is 335 Å². The third-order valence-corrected chi connectivity index (χ3v) is 13.6. The SMILES string of the molecule is [C-]#[N+]c1ccc(N2CC3(CCN(c4ccc(C(=O)N5CCC(N6Cc7cc8c(cc7C6)C(=O)N(C6CCC(=O)NC6=O)C8=O)CC5)c(F)c4)CC3)CC2C)cc1Cl. The molecule has 0 saturated carbocycles. The monoisotopic (exact) mass is 791 g/mol. The van der Waals surface area contributed by atoms with Crippen LogP contribution in [0.4, 0.5) is 21.5 Å². The highest BCUT2D eigenvalue weighted by Crippen LogP contribution is 2.46. The molecule has 4 saturated heterocycles. The predicted molar refractivity (Wildman–Crippen MR) is 211 cm³/mol. The maximum absolute atomic E-state index is 15.7. The van der Waals surface area contributed by atoms with E-state index in [1.54, 1.807) is 29.2 Å². The molecular formula is C43H43ClFN7O5. The topological polar surface area (TPSA) is 118 Å². The molecule has 0 radical (unpaired) electrons. The van der Waals surface area contributed by atoms with E-state index < -0.39 is 35.5 Å². The first-order chi connectivity index (χ1) is 27.4. The van der Waals surface area contributed by atoms with Gasteiger partial charge in [-0.15, -0.1) is 0 Å². The summed E-state index contributed by atoms with van der Waals surface area (Å²) in [7, 11) is 0. The molecule has 0 aromatic heterocycles. The Balaban J connectivity index is 0.781. The average molecular weight is 792 g/mol. The van der Waals surface area contributed by atoms with Crippen molar-refractivity contribution in [1.82, 2.24) is 20.0 Å². The molecule has 6 aliphatic heterocycles. The molecule has 3 aromatic rings. The van der Waals surface area contributed by atoms with E-state index in [1.165, 1.54) is 6.07 Å². The number of nitrogens with one attached hydrogen (secondary N) is 1. The fourth-order valence-electron chi connectivity index (χ4n) is 10.2. The van der Waals surface area contributed by atoms with Crippen molar-refractivity contribution in [3.8, 4) is 0 Å². The second kappa shape index (κ2) is 14.3. The number of hydrogen-bond acceptors (Lipinski definition) is 8. The molecule has 2 atom stereocenters. The van der Waals surface area contributed by atoms with Gasteiger partial charge in [-0.25, -0.2) is 9.24 Å². The average Bonchev–Trinajstić information content (AvgIpc) is 3.84. The molecule has 1 spiro atoms. The molecule has 12 nitrogen and oxygen atoms in total. The Morgan fingerprint density at radius 3 is 2.18 bits per heavy atom. The van der Waals surface area contributed by atoms with Crippen LogP contribution in [0.5, 0.6) is 0 Å². The van der Waals surface area contributed by atoms with E-state index >= 15 is 4.39 Å². The van der Waals surface area contributed by atoms with Gasteiger partial charge in [0, 0.05) is 80.7 Å². The molecule has 0 bridgehead atoms. The lowest BCUT2D eigenvalue weighted by molar-refractivity contribution is -0.136. The highest BCUT2D eigenvalue weighted by Gasteiger charge is 2.47. The van der Waals surface area contributed by atoms with Gasteiger partial charge in [0.15, 0.2) is 0 Å². The number of benzene rings is 3. The molecule has 4 fully saturated rings. The summed E-state index contributed by atoms with van der Waals surface area (Å²) in [5.41, 5.74) is 4.99. The molecular weight excluding hydrogens is 749 g/mol. The lowest BCUT2D eigenvalue weighted by Gasteiger charge is -2.40. The van der Waals surface area contributed by atoms with Gasteiger partial charge >= 0.3 is 0 Å². The molecule has 14 heteroatoms. The van der Waals surface area contributed by atoms with Crippen molar-refractivity contribution < 1.29 is 28.4 Å². The van der Waals surface area contributed by atoms with Crippen molar-refractivity contribution in [2.45, 2.75) is 83.1 Å². The maximum Gasteiger partial charge on any atom is 0.262 e. The summed E-state index contributed by atoms with van der Waals surface area (Å²) >= 11 is 6.36. The quantitative estimate of drug-likeness (QED) is 0.250. The fourth-order valence-corrected chi connectivity index (χ4v) is 10.4. The molecule has 6 heterocycles. The van der Waals surface area contributed by atoms with Crippen molar-refractivity contribution in [3.05, 3.63) is 98.6 Å². The standard InChI is InChI=1S/C43H43ClFN7O5/c1-25-21-43(24-51(25)30-4-6-36(46-2)34(44)19-30)11-15-48(16-12-43)29-3-5-31(35(45)20-29)40(55)49-13-9-28(10-14-49)50-22-26-17-32-33(18-27(26)23-50)42(57)52(41(32)56)37-7-8-38(53)47-39(37)54/h3-6,17-20,25,28,37H,7-16,21-24H2,1H3,(H,47,53,54). The summed E-state index contributed by atoms with van der Waals surface area (Å²) in [6.45, 7) is 14.2. The first-order valence-corrected chi connectivity index (χ1v) is 20.2. The number of halogens is 2. The largest absolute Gasteiger partial charge is 0.371 e. The third kappa shape index (κ3) is 6.52. The molecule has 5 amide bonds. The molecule has 1 N–H and O–H groups in total. The van der Waals surface area contributed by atoms with Crippen molar-refractivity contribution in [1.29, 1.82) is 0 Å². The van der Waals surface area contributed by atoms with Crippen LogP contribution < -0.4 is 15.1 Å². The van der Waals surface area contributed by atoms with Gasteiger partial charge in [-0.3, -0.25) is 39.1 Å². The van der Waals surface area contributed by atoms with Crippen LogP contribution in [0, 0.1) is 17.8 Å². The number of nitrogens with zero attached hydrogens (tertiary/aromatic N) is 6. The summed E-state index contributed by atoms with van der Waals surface area (Å²) < 4.78 is 15.7. The van der Waals surface area contributed by atoms with E-state index in [4.69, 9.17) is 18.2 Å². The molecule has 9 rings (SSSR count). The van der Waals surface area contributed by atoms with Crippen LogP contribution >= 0.6 is 11.6 Å². The number of carbonyl (C=O) groups is 5. The number of carbonyl (C=O) groups excluding carboxylic acids is 5. The number of amides is 5. The minimum Gasteiger partial charge on any atom is -0.371 e. The van der Waals surface area contributed by atoms with Crippen molar-refractivity contribution in [3.63, 3.8) is 0 Å². The number of rotatable bonds is 5. The van der Waals surface area contributed by atoms with Gasteiger partial charge in [0.1, 0.15) is 11.9 Å². The van der Waals surface area contributed by atoms with Crippen LogP contribution in [0.3, 0.4) is 0 Å². The van der Waals surface area contributed by atoms with Crippen LogP contribution in [0.25, 0.3) is 4.85 Å². The van der Waals surface area contributed by atoms with Crippen molar-refractivity contribution in [2.24, 2.45) is 5.41 Å². The summed E-state index contributed by atoms with van der Waals surface area (Å²) in [5.74, 6) is -2.88. The summed E-state index contributed by atoms with van der Waals surface area (Å²) in [6, 6.07) is 13.7. The fraction of sp³-hybridized carbons (Fsp3) is 0.442. The Morgan fingerprint density at radius 2 is 1.56 bits per heavy atom. The minimum absolute atomic E-state index is 0.0711. The van der Waals surface area contributed by atoms with Gasteiger partial charge in [-0.2, -0.15) is 0 Å². The van der Waals surface area contributed by atoms with Crippen LogP contribution in [0.1, 0.15) is 94.1 Å². The van der Waals surface area contributed by atoms with E-state index in [0.29, 0.717) is 55.8 Å². The van der Waals surface area contributed by atoms with Crippen molar-refractivity contribution >= 4 is 58.2 Å². The Hall–Kier alpha value is -5.32. The van der Waals surface area contributed by atoms with Gasteiger partial charge in [-0.05, 0) is 104 Å². The smallest absolute Gasteiger partial charge is 0.262 e. The van der Waals surface area contributed by atoms with E-state index in [-0.39, 0.29) is 46.9 Å². The van der Waals surface area contributed by atoms with Gasteiger partial charge in [0.05, 0.1) is 23.3 Å². The predicted octanol–water partition coefficient (Wildman–Crippen LogP) is 5.94. The lowest BCUT2D eigenvalue weighted by Crippen LogP contribution is -2.54. The first kappa shape index (κ1) is 37.3. The Kier molecular flexibility index (Phi) is 9.32. The van der Waals surface area contributed by atoms with Gasteiger partial charge in [0.2, 0.25) is 17.5 Å². The second-order valence-electron chi connectivity index (χ2n) is 16.6. The van der Waals surface area contributed by atoms with Gasteiger partial charge in [0.25, 0.3) is 17.7 Å². The van der Waals surface area contributed by atoms with Crippen LogP contribution in [-0.2, 0) is 22.7 Å². The maximum atomic E-state index is 15.7. The summed E-state index contributed by atoms with van der Waals surface area (Å²) in [4.78, 5) is 77.5. The van der Waals surface area contributed by atoms with Crippen LogP contribution in [-0.4, -0.2) is 95.1 Å². The molecule has 294 valence electrons. The normalized spacial score (nSPS) is 23.6. The molecule has 6 aliphatic rings. The molecule has 2 unspecified atom stereocenters. The minimum atomic E-state index is -0.999. The summed E-state index contributed by atoms with van der Waals surface area (Å²) in [5, 5.41) is 2.70. The van der Waals surface area contributed by atoms with Crippen LogP contribution in [0.15, 0.2) is 48.5 Å². The summed E-state index contributed by atoms with van der Waals surface area (Å²) in [6.07, 6.45) is 4.62. The zero-order valence-electron chi connectivity index (χ0n) is 31.7. The van der Waals surface area contributed by atoms with Gasteiger partial charge < -0.3 is 14.7 Å². The number of piperidine rings is 3. The van der Waals surface area contributed by atoms with Gasteiger partial charge in [-0.1, -0.05) is 17.7 Å². The van der Waals surface area contributed by atoms with E-state index in [9.17, 15) is 24.0 Å². The number of likely N-dealkylation sites (tertiary alicyclic amines) is 1. The molecule has 0 aliphatic carbocycles. The number of hydrogen-bond donors (Lipinski definition) is 1. The van der Waals surface area contributed by atoms with E-state index in [1.807, 2.05) is 18.2 Å². The third-order valence-electron chi connectivity index (χ3n) is 13.3. The zero-order valence-corrected chi connectivity index (χ0v) is 32.5. The second-order valence-corrected chi connectivity index (χ2v) is 17.0. The highest BCUT2D eigenvalue weighted by atomic mass is 35.5. The lowest BCUT2D eigenvalue weighted by atomic mass is 9.76. The Morgan fingerprint density at radius 1 is 0.895 bits per heavy atom. The first-order valence-electron chi connectivity index (χ1n) is 19.8.